The van der Waals surface area contributed by atoms with Gasteiger partial charge in [0, 0.05) is 12.0 Å². The summed E-state index contributed by atoms with van der Waals surface area (Å²) in [5.74, 6) is 0. The highest BCUT2D eigenvalue weighted by Crippen LogP contribution is 2.10. The molecule has 0 saturated heterocycles. The second-order valence-corrected chi connectivity index (χ2v) is 5.52. The maximum atomic E-state index is 4.83. The fraction of sp³-hybridized carbons (Fsp3) is 0.235. The van der Waals surface area contributed by atoms with Gasteiger partial charge in [0.05, 0.1) is 21.1 Å². The van der Waals surface area contributed by atoms with E-state index < -0.39 is 0 Å². The van der Waals surface area contributed by atoms with E-state index in [0.717, 1.165) is 12.1 Å². The van der Waals surface area contributed by atoms with Gasteiger partial charge in [-0.2, -0.15) is 0 Å². The van der Waals surface area contributed by atoms with Gasteiger partial charge >= 0.3 is 0 Å². The first-order valence-electron chi connectivity index (χ1n) is 6.54. The van der Waals surface area contributed by atoms with Crippen LogP contribution in [0.4, 0.5) is 0 Å². The van der Waals surface area contributed by atoms with Crippen molar-refractivity contribution in [1.82, 2.24) is 0 Å². The molecule has 2 aromatic carbocycles. The molecule has 2 rings (SSSR count). The molecular weight excluding hydrogens is 232 g/mol. The van der Waals surface area contributed by atoms with E-state index in [4.69, 9.17) is 5.10 Å². The molecule has 2 heteroatoms. The molecule has 0 aliphatic rings. The van der Waals surface area contributed by atoms with E-state index >= 15 is 0 Å². The Bertz CT molecular complexity index is 536. The molecule has 0 aromatic heterocycles. The molecule has 0 bridgehead atoms. The summed E-state index contributed by atoms with van der Waals surface area (Å²) >= 11 is 0. The Morgan fingerprint density at radius 1 is 0.842 bits per heavy atom. The van der Waals surface area contributed by atoms with E-state index in [9.17, 15) is 0 Å². The van der Waals surface area contributed by atoms with Crippen LogP contribution >= 0.6 is 0 Å². The third kappa shape index (κ3) is 4.34. The Morgan fingerprint density at radius 2 is 1.37 bits per heavy atom. The van der Waals surface area contributed by atoms with Crippen molar-refractivity contribution in [2.75, 3.05) is 21.1 Å². The van der Waals surface area contributed by atoms with Crippen molar-refractivity contribution in [1.29, 1.82) is 0 Å². The van der Waals surface area contributed by atoms with Crippen LogP contribution in [0.1, 0.15) is 11.1 Å². The molecule has 0 heterocycles. The standard InChI is InChI=1S/C17H21N2/c1-19(2,3)18-17(16-12-8-5-9-13-16)14-15-10-6-4-7-11-15/h4-13H,14H2,1-3H3/q+1/b18-17-. The number of hydrogen-bond donors (Lipinski definition) is 0. The smallest absolute Gasteiger partial charge is 0.107 e. The lowest BCUT2D eigenvalue weighted by Gasteiger charge is -2.18. The summed E-state index contributed by atoms with van der Waals surface area (Å²) in [6, 6.07) is 20.9. The molecule has 0 aliphatic heterocycles. The van der Waals surface area contributed by atoms with Crippen LogP contribution in [0.2, 0.25) is 0 Å². The first-order chi connectivity index (χ1) is 9.04. The molecule has 0 fully saturated rings. The van der Waals surface area contributed by atoms with Gasteiger partial charge in [0.2, 0.25) is 0 Å². The van der Waals surface area contributed by atoms with Crippen LogP contribution in [-0.2, 0) is 6.42 Å². The van der Waals surface area contributed by atoms with Gasteiger partial charge in [-0.15, -0.1) is 0 Å². The summed E-state index contributed by atoms with van der Waals surface area (Å²) in [5.41, 5.74) is 3.61. The van der Waals surface area contributed by atoms with Gasteiger partial charge in [0.25, 0.3) is 0 Å². The zero-order valence-corrected chi connectivity index (χ0v) is 11.9. The predicted molar refractivity (Wildman–Crippen MR) is 81.2 cm³/mol. The minimum absolute atomic E-state index is 0.580. The van der Waals surface area contributed by atoms with Crippen LogP contribution in [-0.4, -0.2) is 31.4 Å². The van der Waals surface area contributed by atoms with E-state index in [1.165, 1.54) is 11.1 Å². The van der Waals surface area contributed by atoms with Gasteiger partial charge in [-0.1, -0.05) is 65.8 Å². The number of nitrogens with zero attached hydrogens (tertiary/aromatic N) is 2. The van der Waals surface area contributed by atoms with Crippen molar-refractivity contribution in [3.63, 3.8) is 0 Å². The zero-order chi connectivity index (χ0) is 13.7. The number of benzene rings is 2. The van der Waals surface area contributed by atoms with Crippen molar-refractivity contribution in [2.24, 2.45) is 5.10 Å². The monoisotopic (exact) mass is 253 g/mol. The molecule has 19 heavy (non-hydrogen) atoms. The molecule has 0 atom stereocenters. The van der Waals surface area contributed by atoms with Crippen LogP contribution in [0.5, 0.6) is 0 Å². The van der Waals surface area contributed by atoms with Crippen LogP contribution in [0.25, 0.3) is 0 Å². The molecule has 0 unspecified atom stereocenters. The topological polar surface area (TPSA) is 12.4 Å². The van der Waals surface area contributed by atoms with Gasteiger partial charge in [0.1, 0.15) is 5.71 Å². The van der Waals surface area contributed by atoms with Crippen molar-refractivity contribution >= 4 is 5.71 Å². The molecular formula is C17H21N2+. The summed E-state index contributed by atoms with van der Waals surface area (Å²) in [6.45, 7) is 0. The van der Waals surface area contributed by atoms with E-state index in [2.05, 4.69) is 69.7 Å². The lowest BCUT2D eigenvalue weighted by molar-refractivity contribution is -0.877. The number of quaternary nitrogens is 1. The Labute approximate surface area is 115 Å². The SMILES string of the molecule is C[N+](C)(C)/N=C(/Cc1ccccc1)c1ccccc1. The van der Waals surface area contributed by atoms with Crippen molar-refractivity contribution in [2.45, 2.75) is 6.42 Å². The normalized spacial score (nSPS) is 12.5. The summed E-state index contributed by atoms with van der Waals surface area (Å²) in [5, 5.41) is 4.83. The van der Waals surface area contributed by atoms with Gasteiger partial charge < -0.3 is 0 Å². The Hall–Kier alpha value is -1.93. The summed E-state index contributed by atoms with van der Waals surface area (Å²) in [6.07, 6.45) is 0.861. The molecule has 0 saturated carbocycles. The lowest BCUT2D eigenvalue weighted by atomic mass is 10.0. The van der Waals surface area contributed by atoms with Gasteiger partial charge in [-0.05, 0) is 5.56 Å². The first kappa shape index (κ1) is 13.5. The van der Waals surface area contributed by atoms with Crippen molar-refractivity contribution in [3.05, 3.63) is 71.8 Å². The van der Waals surface area contributed by atoms with E-state index in [1.807, 2.05) is 12.1 Å². The third-order valence-electron chi connectivity index (χ3n) is 2.74. The second-order valence-electron chi connectivity index (χ2n) is 5.52. The fourth-order valence-electron chi connectivity index (χ4n) is 1.98. The van der Waals surface area contributed by atoms with Crippen LogP contribution in [0.15, 0.2) is 65.8 Å². The lowest BCUT2D eigenvalue weighted by Crippen LogP contribution is -2.30. The highest BCUT2D eigenvalue weighted by molar-refractivity contribution is 6.01. The summed E-state index contributed by atoms with van der Waals surface area (Å²) in [7, 11) is 6.23. The Morgan fingerprint density at radius 3 is 1.89 bits per heavy atom. The molecule has 98 valence electrons. The molecule has 2 nitrogen and oxygen atoms in total. The molecule has 0 aliphatic carbocycles. The third-order valence-corrected chi connectivity index (χ3v) is 2.74. The Kier molecular flexibility index (Phi) is 4.13. The quantitative estimate of drug-likeness (QED) is 0.450. The Balaban J connectivity index is 2.34. The molecule has 0 N–H and O–H groups in total. The maximum absolute atomic E-state index is 4.83. The molecule has 0 radical (unpaired) electrons. The summed E-state index contributed by atoms with van der Waals surface area (Å²) in [4.78, 5) is 0. The highest BCUT2D eigenvalue weighted by Gasteiger charge is 2.12. The van der Waals surface area contributed by atoms with Gasteiger partial charge in [0.15, 0.2) is 0 Å². The van der Waals surface area contributed by atoms with Crippen molar-refractivity contribution < 1.29 is 4.59 Å². The average molecular weight is 253 g/mol. The molecule has 2 aromatic rings. The van der Waals surface area contributed by atoms with Crippen LogP contribution in [0.3, 0.4) is 0 Å². The summed E-state index contributed by atoms with van der Waals surface area (Å²) < 4.78 is 0.580. The second kappa shape index (κ2) is 5.81. The van der Waals surface area contributed by atoms with E-state index in [0.29, 0.717) is 4.59 Å². The van der Waals surface area contributed by atoms with Crippen LogP contribution in [0, 0.1) is 0 Å². The van der Waals surface area contributed by atoms with E-state index in [-0.39, 0.29) is 0 Å². The zero-order valence-electron chi connectivity index (χ0n) is 11.9. The van der Waals surface area contributed by atoms with E-state index in [1.54, 1.807) is 0 Å². The largest absolute Gasteiger partial charge is 0.205 e. The number of hydrogen-bond acceptors (Lipinski definition) is 1. The minimum atomic E-state index is 0.580. The van der Waals surface area contributed by atoms with Crippen LogP contribution < -0.4 is 0 Å². The van der Waals surface area contributed by atoms with Gasteiger partial charge in [-0.25, -0.2) is 4.59 Å². The molecule has 0 spiro atoms. The predicted octanol–water partition coefficient (Wildman–Crippen LogP) is 3.34. The number of rotatable bonds is 4. The minimum Gasteiger partial charge on any atom is -0.205 e. The van der Waals surface area contributed by atoms with Gasteiger partial charge in [-0.3, -0.25) is 0 Å². The first-order valence-corrected chi connectivity index (χ1v) is 6.54. The molecule has 0 amide bonds. The fourth-order valence-corrected chi connectivity index (χ4v) is 1.98. The maximum Gasteiger partial charge on any atom is 0.107 e. The highest BCUT2D eigenvalue weighted by atomic mass is 15.6. The average Bonchev–Trinajstić information content (AvgIpc) is 2.39. The van der Waals surface area contributed by atoms with Crippen molar-refractivity contribution in [3.8, 4) is 0 Å².